The molecule has 1 fully saturated rings. The maximum absolute atomic E-state index is 5.78. The van der Waals surface area contributed by atoms with E-state index in [9.17, 15) is 0 Å². The van der Waals surface area contributed by atoms with Crippen molar-refractivity contribution in [1.29, 1.82) is 0 Å². The highest BCUT2D eigenvalue weighted by Gasteiger charge is 2.21. The third kappa shape index (κ3) is 6.67. The molecule has 2 rings (SSSR count). The molecule has 1 aliphatic rings. The van der Waals surface area contributed by atoms with Gasteiger partial charge >= 0.3 is 0 Å². The third-order valence-corrected chi connectivity index (χ3v) is 4.61. The summed E-state index contributed by atoms with van der Waals surface area (Å²) in [6.45, 7) is 11.4. The minimum Gasteiger partial charge on any atom is -0.373 e. The number of hydrogen-bond acceptors (Lipinski definition) is 3. The van der Waals surface area contributed by atoms with Crippen LogP contribution in [0.2, 0.25) is 0 Å². The van der Waals surface area contributed by atoms with E-state index < -0.39 is 0 Å². The maximum Gasteiger partial charge on any atom is 0.191 e. The predicted octanol–water partition coefficient (Wildman–Crippen LogP) is 2.41. The number of morpholine rings is 1. The van der Waals surface area contributed by atoms with Gasteiger partial charge in [-0.15, -0.1) is 0 Å². The zero-order valence-corrected chi connectivity index (χ0v) is 16.2. The maximum atomic E-state index is 5.78. The minimum atomic E-state index is 0.338. The Balaban J connectivity index is 1.68. The Labute approximate surface area is 152 Å². The van der Waals surface area contributed by atoms with Crippen molar-refractivity contribution in [3.05, 3.63) is 35.4 Å². The van der Waals surface area contributed by atoms with Gasteiger partial charge in [0.2, 0.25) is 0 Å². The van der Waals surface area contributed by atoms with Crippen LogP contribution < -0.4 is 10.6 Å². The van der Waals surface area contributed by atoms with Crippen molar-refractivity contribution in [1.82, 2.24) is 15.5 Å². The van der Waals surface area contributed by atoms with E-state index in [1.807, 2.05) is 7.05 Å². The van der Waals surface area contributed by atoms with Gasteiger partial charge in [0.05, 0.1) is 12.2 Å². The zero-order valence-electron chi connectivity index (χ0n) is 16.2. The lowest BCUT2D eigenvalue weighted by atomic mass is 10.1. The van der Waals surface area contributed by atoms with E-state index in [0.29, 0.717) is 12.2 Å². The van der Waals surface area contributed by atoms with E-state index in [0.717, 1.165) is 51.5 Å². The Hall–Kier alpha value is -1.59. The predicted molar refractivity (Wildman–Crippen MR) is 105 cm³/mol. The molecule has 0 aromatic heterocycles. The van der Waals surface area contributed by atoms with Crippen LogP contribution in [0.1, 0.15) is 38.3 Å². The first kappa shape index (κ1) is 19.7. The number of guanidine groups is 1. The molecule has 140 valence electrons. The Kier molecular flexibility index (Phi) is 8.22. The van der Waals surface area contributed by atoms with Gasteiger partial charge in [-0.3, -0.25) is 9.89 Å². The van der Waals surface area contributed by atoms with E-state index in [2.05, 4.69) is 65.6 Å². The van der Waals surface area contributed by atoms with Crippen LogP contribution in [0.3, 0.4) is 0 Å². The highest BCUT2D eigenvalue weighted by Crippen LogP contribution is 2.10. The van der Waals surface area contributed by atoms with Gasteiger partial charge in [0.25, 0.3) is 0 Å². The first-order valence-corrected chi connectivity index (χ1v) is 9.51. The number of nitrogens with one attached hydrogen (secondary N) is 2. The Bertz CT molecular complexity index is 536. The molecule has 0 saturated carbocycles. The summed E-state index contributed by atoms with van der Waals surface area (Å²) in [5, 5.41) is 6.84. The molecule has 0 amide bonds. The van der Waals surface area contributed by atoms with Gasteiger partial charge < -0.3 is 15.4 Å². The van der Waals surface area contributed by atoms with Gasteiger partial charge in [-0.05, 0) is 37.8 Å². The molecule has 5 heteroatoms. The summed E-state index contributed by atoms with van der Waals surface area (Å²) in [4.78, 5) is 6.82. The largest absolute Gasteiger partial charge is 0.373 e. The highest BCUT2D eigenvalue weighted by atomic mass is 16.5. The molecule has 25 heavy (non-hydrogen) atoms. The van der Waals surface area contributed by atoms with Crippen molar-refractivity contribution in [2.75, 3.05) is 33.2 Å². The van der Waals surface area contributed by atoms with Crippen LogP contribution in [0.5, 0.6) is 0 Å². The van der Waals surface area contributed by atoms with Gasteiger partial charge in [-0.25, -0.2) is 0 Å². The van der Waals surface area contributed by atoms with Gasteiger partial charge in [-0.1, -0.05) is 31.2 Å². The molecule has 1 aromatic rings. The molecule has 0 aliphatic carbocycles. The van der Waals surface area contributed by atoms with Crippen molar-refractivity contribution in [2.24, 2.45) is 4.99 Å². The van der Waals surface area contributed by atoms with Crippen molar-refractivity contribution in [3.8, 4) is 0 Å². The standard InChI is InChI=1S/C20H34N4O/c1-5-18-9-6-7-10-19(18)13-23-20(21-4)22-11-8-12-24-14-16(2)25-17(3)15-24/h6-7,9-10,16-17H,5,8,11-15H2,1-4H3,(H2,21,22,23). The summed E-state index contributed by atoms with van der Waals surface area (Å²) in [6, 6.07) is 8.57. The summed E-state index contributed by atoms with van der Waals surface area (Å²) in [5.74, 6) is 0.870. The highest BCUT2D eigenvalue weighted by molar-refractivity contribution is 5.79. The van der Waals surface area contributed by atoms with Crippen molar-refractivity contribution < 1.29 is 4.74 Å². The fourth-order valence-electron chi connectivity index (χ4n) is 3.45. The number of aliphatic imine (C=N–C) groups is 1. The molecule has 1 aromatic carbocycles. The van der Waals surface area contributed by atoms with Crippen LogP contribution in [-0.2, 0) is 17.7 Å². The Morgan fingerprint density at radius 1 is 1.16 bits per heavy atom. The second-order valence-corrected chi connectivity index (χ2v) is 6.85. The lowest BCUT2D eigenvalue weighted by Crippen LogP contribution is -2.46. The minimum absolute atomic E-state index is 0.338. The molecule has 1 aliphatic heterocycles. The van der Waals surface area contributed by atoms with Gasteiger partial charge in [0.1, 0.15) is 0 Å². The molecule has 1 saturated heterocycles. The first-order chi connectivity index (χ1) is 12.1. The second-order valence-electron chi connectivity index (χ2n) is 6.85. The summed E-state index contributed by atoms with van der Waals surface area (Å²) in [5.41, 5.74) is 2.73. The fraction of sp³-hybridized carbons (Fsp3) is 0.650. The average Bonchev–Trinajstić information content (AvgIpc) is 2.60. The molecule has 0 radical (unpaired) electrons. The van der Waals surface area contributed by atoms with Gasteiger partial charge in [0.15, 0.2) is 5.96 Å². The molecular formula is C20H34N4O. The number of rotatable bonds is 7. The van der Waals surface area contributed by atoms with Crippen LogP contribution in [0.25, 0.3) is 0 Å². The topological polar surface area (TPSA) is 48.9 Å². The number of hydrogen-bond donors (Lipinski definition) is 2. The number of nitrogens with zero attached hydrogens (tertiary/aromatic N) is 2. The van der Waals surface area contributed by atoms with E-state index in [4.69, 9.17) is 4.74 Å². The lowest BCUT2D eigenvalue weighted by Gasteiger charge is -2.35. The van der Waals surface area contributed by atoms with Crippen LogP contribution in [0, 0.1) is 0 Å². The average molecular weight is 347 g/mol. The first-order valence-electron chi connectivity index (χ1n) is 9.51. The third-order valence-electron chi connectivity index (χ3n) is 4.61. The SMILES string of the molecule is CCc1ccccc1CNC(=NC)NCCCN1CC(C)OC(C)C1. The molecule has 0 spiro atoms. The van der Waals surface area contributed by atoms with Crippen molar-refractivity contribution in [3.63, 3.8) is 0 Å². The van der Waals surface area contributed by atoms with Gasteiger partial charge in [0, 0.05) is 39.8 Å². The molecule has 2 atom stereocenters. The van der Waals surface area contributed by atoms with Crippen LogP contribution in [0.4, 0.5) is 0 Å². The van der Waals surface area contributed by atoms with Crippen LogP contribution in [0.15, 0.2) is 29.3 Å². The summed E-state index contributed by atoms with van der Waals surface area (Å²) >= 11 is 0. The normalized spacial score (nSPS) is 22.0. The Morgan fingerprint density at radius 2 is 1.84 bits per heavy atom. The summed E-state index contributed by atoms with van der Waals surface area (Å²) in [7, 11) is 1.83. The van der Waals surface area contributed by atoms with Crippen LogP contribution in [-0.4, -0.2) is 56.3 Å². The number of aryl methyl sites for hydroxylation is 1. The molecule has 5 nitrogen and oxygen atoms in total. The molecule has 2 unspecified atom stereocenters. The van der Waals surface area contributed by atoms with Crippen molar-refractivity contribution in [2.45, 2.75) is 52.4 Å². The van der Waals surface area contributed by atoms with Crippen LogP contribution >= 0.6 is 0 Å². The Morgan fingerprint density at radius 3 is 2.48 bits per heavy atom. The smallest absolute Gasteiger partial charge is 0.191 e. The van der Waals surface area contributed by atoms with E-state index in [-0.39, 0.29) is 0 Å². The molecule has 0 bridgehead atoms. The van der Waals surface area contributed by atoms with E-state index in [1.54, 1.807) is 0 Å². The number of ether oxygens (including phenoxy) is 1. The van der Waals surface area contributed by atoms with E-state index >= 15 is 0 Å². The lowest BCUT2D eigenvalue weighted by molar-refractivity contribution is -0.0679. The quantitative estimate of drug-likeness (QED) is 0.452. The second kappa shape index (κ2) is 10.4. The van der Waals surface area contributed by atoms with Crippen molar-refractivity contribution >= 4 is 5.96 Å². The summed E-state index contributed by atoms with van der Waals surface area (Å²) in [6.07, 6.45) is 2.83. The number of benzene rings is 1. The summed E-state index contributed by atoms with van der Waals surface area (Å²) < 4.78 is 5.78. The molecule has 1 heterocycles. The fourth-order valence-corrected chi connectivity index (χ4v) is 3.45. The molecular weight excluding hydrogens is 312 g/mol. The molecule has 2 N–H and O–H groups in total. The van der Waals surface area contributed by atoms with Gasteiger partial charge in [-0.2, -0.15) is 0 Å². The zero-order chi connectivity index (χ0) is 18.1. The monoisotopic (exact) mass is 346 g/mol. The van der Waals surface area contributed by atoms with E-state index in [1.165, 1.54) is 11.1 Å².